The van der Waals surface area contributed by atoms with E-state index in [9.17, 15) is 0 Å². The molecule has 0 saturated carbocycles. The second-order valence-corrected chi connectivity index (χ2v) is 1.32. The van der Waals surface area contributed by atoms with Crippen LogP contribution < -0.4 is 23.7 Å². The van der Waals surface area contributed by atoms with Crippen molar-refractivity contribution >= 4 is 0 Å². The van der Waals surface area contributed by atoms with Crippen molar-refractivity contribution < 1.29 is 22.9 Å². The van der Waals surface area contributed by atoms with Crippen LogP contribution in [0.2, 0.25) is 0 Å². The van der Waals surface area contributed by atoms with Crippen molar-refractivity contribution in [2.24, 2.45) is 5.84 Å². The third-order valence-corrected chi connectivity index (χ3v) is 0.477. The average Bonchev–Trinajstić information content (AvgIpc) is 1.35. The van der Waals surface area contributed by atoms with Crippen molar-refractivity contribution in [1.82, 2.24) is 0 Å². The highest BCUT2D eigenvalue weighted by Crippen LogP contribution is 1.64. The quantitative estimate of drug-likeness (QED) is 0.256. The molecule has 0 radical (unpaired) electrons. The van der Waals surface area contributed by atoms with E-state index in [1.807, 2.05) is 0 Å². The van der Waals surface area contributed by atoms with E-state index < -0.39 is 0 Å². The van der Waals surface area contributed by atoms with Gasteiger partial charge in [-0.2, -0.15) is 5.84 Å². The topological polar surface area (TPSA) is 62.9 Å². The molecule has 46 valence electrons. The average molecular weight is 127 g/mol. The first-order chi connectivity index (χ1) is 2.77. The van der Waals surface area contributed by atoms with E-state index >= 15 is 0 Å². The van der Waals surface area contributed by atoms with Crippen LogP contribution in [0.1, 0.15) is 6.92 Å². The predicted molar refractivity (Wildman–Crippen MR) is 22.7 cm³/mol. The Kier molecular flexibility index (Phi) is 9.00. The number of aliphatic hydroxyl groups excluding tert-OH is 1. The van der Waals surface area contributed by atoms with Crippen LogP contribution in [0.4, 0.5) is 0 Å². The summed E-state index contributed by atoms with van der Waals surface area (Å²) in [6.07, 6.45) is -0.282. The van der Waals surface area contributed by atoms with Gasteiger partial charge in [-0.15, -0.1) is 0 Å². The Morgan fingerprint density at radius 3 is 2.29 bits per heavy atom. The van der Waals surface area contributed by atoms with E-state index in [1.165, 1.54) is 5.43 Å². The van der Waals surface area contributed by atoms with Crippen molar-refractivity contribution in [3.63, 3.8) is 0 Å². The summed E-state index contributed by atoms with van der Waals surface area (Å²) in [7, 11) is 0. The largest absolute Gasteiger partial charge is 1.00 e. The van der Waals surface area contributed by atoms with Gasteiger partial charge in [-0.1, -0.05) is 0 Å². The van der Waals surface area contributed by atoms with Gasteiger partial charge in [-0.05, 0) is 6.92 Å². The number of aliphatic hydroxyl groups is 1. The predicted octanol–water partition coefficient (Wildman–Crippen LogP) is -5.19. The molecule has 1 atom stereocenters. The van der Waals surface area contributed by atoms with Gasteiger partial charge < -0.3 is 17.5 Å². The van der Waals surface area contributed by atoms with Crippen molar-refractivity contribution in [3.05, 3.63) is 0 Å². The SMILES string of the molecule is CC(O)C[NH2+]N.[Cl-]. The second-order valence-electron chi connectivity index (χ2n) is 1.32. The number of nitrogens with two attached hydrogens (primary N) is 2. The van der Waals surface area contributed by atoms with Crippen LogP contribution >= 0.6 is 0 Å². The molecule has 3 nitrogen and oxygen atoms in total. The van der Waals surface area contributed by atoms with Crippen molar-refractivity contribution in [3.8, 4) is 0 Å². The van der Waals surface area contributed by atoms with Gasteiger partial charge in [0.25, 0.3) is 0 Å². The lowest BCUT2D eigenvalue weighted by Gasteiger charge is -1.94. The highest BCUT2D eigenvalue weighted by Gasteiger charge is 1.90. The minimum Gasteiger partial charge on any atom is -1.00 e. The van der Waals surface area contributed by atoms with Gasteiger partial charge in [0.15, 0.2) is 0 Å². The van der Waals surface area contributed by atoms with Gasteiger partial charge >= 0.3 is 0 Å². The monoisotopic (exact) mass is 126 g/mol. The summed E-state index contributed by atoms with van der Waals surface area (Å²) in [6.45, 7) is 2.28. The Morgan fingerprint density at radius 1 is 1.86 bits per heavy atom. The van der Waals surface area contributed by atoms with Gasteiger partial charge in [0.2, 0.25) is 0 Å². The van der Waals surface area contributed by atoms with Gasteiger partial charge in [0.1, 0.15) is 12.6 Å². The molecule has 7 heavy (non-hydrogen) atoms. The summed E-state index contributed by atoms with van der Waals surface area (Å²) in [5.41, 5.74) is 1.45. The molecule has 0 aromatic heterocycles. The van der Waals surface area contributed by atoms with E-state index in [0.717, 1.165) is 0 Å². The molecule has 0 spiro atoms. The van der Waals surface area contributed by atoms with Crippen molar-refractivity contribution in [2.75, 3.05) is 6.54 Å². The molecule has 0 aliphatic heterocycles. The van der Waals surface area contributed by atoms with Crippen molar-refractivity contribution in [1.29, 1.82) is 0 Å². The Bertz CT molecular complexity index is 34.1. The molecule has 1 unspecified atom stereocenters. The summed E-state index contributed by atoms with van der Waals surface area (Å²) in [5.74, 6) is 4.94. The fourth-order valence-electron chi connectivity index (χ4n) is 0.197. The minimum atomic E-state index is -0.282. The van der Waals surface area contributed by atoms with Gasteiger partial charge in [-0.3, -0.25) is 5.43 Å². The van der Waals surface area contributed by atoms with Crippen LogP contribution in [0.25, 0.3) is 0 Å². The normalized spacial score (nSPS) is 12.4. The summed E-state index contributed by atoms with van der Waals surface area (Å²) in [5, 5.41) is 8.44. The van der Waals surface area contributed by atoms with Crippen LogP contribution in [0.5, 0.6) is 0 Å². The standard InChI is InChI=1S/C3H10N2O.ClH/c1-3(6)2-5-4;/h3,5-6H,2,4H2,1H3;1H. The highest BCUT2D eigenvalue weighted by molar-refractivity contribution is 4.33. The van der Waals surface area contributed by atoms with Gasteiger partial charge in [-0.25, -0.2) is 0 Å². The zero-order chi connectivity index (χ0) is 4.99. The molecule has 5 N–H and O–H groups in total. The molecule has 0 bridgehead atoms. The van der Waals surface area contributed by atoms with E-state index in [0.29, 0.717) is 6.54 Å². The minimum absolute atomic E-state index is 0. The molecular formula is C3H11ClN2O. The molecular weight excluding hydrogens is 115 g/mol. The van der Waals surface area contributed by atoms with Crippen LogP contribution in [0.3, 0.4) is 0 Å². The lowest BCUT2D eigenvalue weighted by Crippen LogP contribution is -3.00. The molecule has 0 aromatic rings. The zero-order valence-electron chi connectivity index (χ0n) is 4.26. The molecule has 0 amide bonds. The summed E-state index contributed by atoms with van der Waals surface area (Å²) < 4.78 is 0. The smallest absolute Gasteiger partial charge is 0.119 e. The Labute approximate surface area is 49.3 Å². The van der Waals surface area contributed by atoms with Crippen LogP contribution in [-0.2, 0) is 0 Å². The fourth-order valence-corrected chi connectivity index (χ4v) is 0.197. The Balaban J connectivity index is 0. The zero-order valence-corrected chi connectivity index (χ0v) is 5.02. The molecule has 0 fully saturated rings. The lowest BCUT2D eigenvalue weighted by molar-refractivity contribution is -0.672. The third-order valence-electron chi connectivity index (χ3n) is 0.477. The van der Waals surface area contributed by atoms with E-state index in [1.54, 1.807) is 6.92 Å². The summed E-state index contributed by atoms with van der Waals surface area (Å²) in [4.78, 5) is 0. The number of quaternary nitrogens is 1. The molecule has 0 aromatic carbocycles. The first kappa shape index (κ1) is 10.2. The van der Waals surface area contributed by atoms with Crippen molar-refractivity contribution in [2.45, 2.75) is 13.0 Å². The van der Waals surface area contributed by atoms with Gasteiger partial charge in [0.05, 0.1) is 0 Å². The molecule has 0 heterocycles. The van der Waals surface area contributed by atoms with Crippen LogP contribution in [-0.4, -0.2) is 17.8 Å². The second kappa shape index (κ2) is 6.17. The lowest BCUT2D eigenvalue weighted by atomic mass is 10.4. The molecule has 4 heteroatoms. The van der Waals surface area contributed by atoms with Crippen LogP contribution in [0.15, 0.2) is 0 Å². The number of hydrogen-bond acceptors (Lipinski definition) is 2. The maximum Gasteiger partial charge on any atom is 0.119 e. The number of halogens is 1. The molecule has 0 aliphatic rings. The van der Waals surface area contributed by atoms with E-state index in [4.69, 9.17) is 10.9 Å². The molecule has 0 rings (SSSR count). The van der Waals surface area contributed by atoms with E-state index in [2.05, 4.69) is 0 Å². The van der Waals surface area contributed by atoms with Crippen LogP contribution in [0, 0.1) is 0 Å². The first-order valence-electron chi connectivity index (χ1n) is 1.99. The molecule has 0 aliphatic carbocycles. The highest BCUT2D eigenvalue weighted by atomic mass is 35.5. The maximum atomic E-state index is 8.44. The van der Waals surface area contributed by atoms with Gasteiger partial charge in [0, 0.05) is 0 Å². The fraction of sp³-hybridized carbons (Fsp3) is 1.00. The Morgan fingerprint density at radius 2 is 2.29 bits per heavy atom. The number of hydrogen-bond donors (Lipinski definition) is 3. The van der Waals surface area contributed by atoms with E-state index in [-0.39, 0.29) is 18.5 Å². The molecule has 0 saturated heterocycles. The summed E-state index contributed by atoms with van der Waals surface area (Å²) >= 11 is 0. The third kappa shape index (κ3) is 10.7. The maximum absolute atomic E-state index is 8.44. The first-order valence-corrected chi connectivity index (χ1v) is 1.99. The summed E-state index contributed by atoms with van der Waals surface area (Å²) in [6, 6.07) is 0. The number of rotatable bonds is 2. The Hall–Kier alpha value is 0.170.